The third-order valence-electron chi connectivity index (χ3n) is 3.46. The minimum Gasteiger partial charge on any atom is -0.444 e. The second-order valence-electron chi connectivity index (χ2n) is 4.83. The first-order valence-electron chi connectivity index (χ1n) is 6.45. The smallest absolute Gasteiger partial charge is 0.408 e. The molecule has 2 aliphatic rings. The SMILES string of the molecule is CCOC[C@@H]1CCN(C(=O)[C@H]2NC(=O)O[C@H]2C)C1. The van der Waals surface area contributed by atoms with Gasteiger partial charge in [0, 0.05) is 25.6 Å². The molecule has 2 aliphatic heterocycles. The van der Waals surface area contributed by atoms with Crippen LogP contribution in [0.2, 0.25) is 0 Å². The quantitative estimate of drug-likeness (QED) is 0.789. The molecular weight excluding hydrogens is 236 g/mol. The predicted octanol–water partition coefficient (Wildman–Crippen LogP) is 0.368. The summed E-state index contributed by atoms with van der Waals surface area (Å²) < 4.78 is 10.3. The van der Waals surface area contributed by atoms with Gasteiger partial charge in [-0.2, -0.15) is 0 Å². The van der Waals surface area contributed by atoms with Crippen LogP contribution in [0, 0.1) is 5.92 Å². The maximum atomic E-state index is 12.2. The molecule has 2 fully saturated rings. The van der Waals surface area contributed by atoms with Gasteiger partial charge in [0.05, 0.1) is 6.61 Å². The van der Waals surface area contributed by atoms with Gasteiger partial charge in [-0.15, -0.1) is 0 Å². The zero-order valence-electron chi connectivity index (χ0n) is 10.8. The third-order valence-corrected chi connectivity index (χ3v) is 3.46. The molecule has 0 saturated carbocycles. The molecule has 0 bridgehead atoms. The summed E-state index contributed by atoms with van der Waals surface area (Å²) >= 11 is 0. The van der Waals surface area contributed by atoms with E-state index < -0.39 is 18.2 Å². The van der Waals surface area contributed by atoms with E-state index in [9.17, 15) is 9.59 Å². The molecule has 0 aromatic carbocycles. The summed E-state index contributed by atoms with van der Waals surface area (Å²) in [5, 5.41) is 2.55. The molecular formula is C12H20N2O4. The highest BCUT2D eigenvalue weighted by Crippen LogP contribution is 2.20. The summed E-state index contributed by atoms with van der Waals surface area (Å²) in [6.07, 6.45) is 0.0589. The average molecular weight is 256 g/mol. The van der Waals surface area contributed by atoms with E-state index >= 15 is 0 Å². The van der Waals surface area contributed by atoms with Crippen molar-refractivity contribution in [3.63, 3.8) is 0 Å². The van der Waals surface area contributed by atoms with Crippen LogP contribution in [-0.2, 0) is 14.3 Å². The monoisotopic (exact) mass is 256 g/mol. The molecule has 1 N–H and O–H groups in total. The predicted molar refractivity (Wildman–Crippen MR) is 64.0 cm³/mol. The number of nitrogens with one attached hydrogen (secondary N) is 1. The van der Waals surface area contributed by atoms with Crippen LogP contribution >= 0.6 is 0 Å². The Bertz CT molecular complexity index is 334. The fourth-order valence-corrected chi connectivity index (χ4v) is 2.43. The van der Waals surface area contributed by atoms with E-state index in [1.165, 1.54) is 0 Å². The number of carbonyl (C=O) groups excluding carboxylic acids is 2. The number of rotatable bonds is 4. The molecule has 18 heavy (non-hydrogen) atoms. The lowest BCUT2D eigenvalue weighted by molar-refractivity contribution is -0.133. The number of cyclic esters (lactones) is 1. The van der Waals surface area contributed by atoms with Gasteiger partial charge >= 0.3 is 6.09 Å². The number of alkyl carbamates (subject to hydrolysis) is 1. The van der Waals surface area contributed by atoms with Gasteiger partial charge in [0.2, 0.25) is 5.91 Å². The Hall–Kier alpha value is -1.30. The zero-order chi connectivity index (χ0) is 13.1. The first-order chi connectivity index (χ1) is 8.61. The van der Waals surface area contributed by atoms with Crippen LogP contribution in [0.25, 0.3) is 0 Å². The lowest BCUT2D eigenvalue weighted by atomic mass is 10.1. The Morgan fingerprint density at radius 1 is 1.61 bits per heavy atom. The standard InChI is InChI=1S/C12H20N2O4/c1-3-17-7-9-4-5-14(6-9)11(15)10-8(2)18-12(16)13-10/h8-10H,3-7H2,1-2H3,(H,13,16)/t8-,9+,10-/m0/s1. The van der Waals surface area contributed by atoms with Gasteiger partial charge in [-0.05, 0) is 20.3 Å². The lowest BCUT2D eigenvalue weighted by Crippen LogP contribution is -2.47. The molecule has 2 saturated heterocycles. The minimum atomic E-state index is -0.539. The Kier molecular flexibility index (Phi) is 4.06. The van der Waals surface area contributed by atoms with Crippen molar-refractivity contribution >= 4 is 12.0 Å². The van der Waals surface area contributed by atoms with E-state index in [1.807, 2.05) is 6.92 Å². The van der Waals surface area contributed by atoms with Crippen molar-refractivity contribution in [2.75, 3.05) is 26.3 Å². The molecule has 0 aromatic rings. The summed E-state index contributed by atoms with van der Waals surface area (Å²) in [7, 11) is 0. The van der Waals surface area contributed by atoms with E-state index in [4.69, 9.17) is 9.47 Å². The first kappa shape index (κ1) is 13.1. The number of carbonyl (C=O) groups is 2. The van der Waals surface area contributed by atoms with E-state index in [0.29, 0.717) is 25.7 Å². The second kappa shape index (κ2) is 5.56. The summed E-state index contributed by atoms with van der Waals surface area (Å²) in [5.74, 6) is 0.356. The Morgan fingerprint density at radius 3 is 3.00 bits per heavy atom. The average Bonchev–Trinajstić information content (AvgIpc) is 2.92. The maximum absolute atomic E-state index is 12.2. The highest BCUT2D eigenvalue weighted by atomic mass is 16.6. The summed E-state index contributed by atoms with van der Waals surface area (Å²) in [6.45, 7) is 6.53. The molecule has 3 atom stereocenters. The molecule has 6 heteroatoms. The van der Waals surface area contributed by atoms with Crippen molar-refractivity contribution in [3.05, 3.63) is 0 Å². The Balaban J connectivity index is 1.85. The summed E-state index contributed by atoms with van der Waals surface area (Å²) in [6, 6.07) is -0.539. The Morgan fingerprint density at radius 2 is 2.39 bits per heavy atom. The molecule has 2 heterocycles. The molecule has 2 amide bonds. The zero-order valence-corrected chi connectivity index (χ0v) is 10.8. The van der Waals surface area contributed by atoms with Crippen molar-refractivity contribution in [1.82, 2.24) is 10.2 Å². The van der Waals surface area contributed by atoms with E-state index in [1.54, 1.807) is 11.8 Å². The molecule has 0 aromatic heterocycles. The second-order valence-corrected chi connectivity index (χ2v) is 4.83. The van der Waals surface area contributed by atoms with Crippen LogP contribution in [0.15, 0.2) is 0 Å². The highest BCUT2D eigenvalue weighted by molar-refractivity contribution is 5.88. The largest absolute Gasteiger partial charge is 0.444 e. The molecule has 2 rings (SSSR count). The summed E-state index contributed by atoms with van der Waals surface area (Å²) in [5.41, 5.74) is 0. The van der Waals surface area contributed by atoms with Gasteiger partial charge in [-0.3, -0.25) is 4.79 Å². The van der Waals surface area contributed by atoms with Gasteiger partial charge < -0.3 is 19.7 Å². The molecule has 0 spiro atoms. The molecule has 0 unspecified atom stereocenters. The van der Waals surface area contributed by atoms with Crippen molar-refractivity contribution in [2.24, 2.45) is 5.92 Å². The summed E-state index contributed by atoms with van der Waals surface area (Å²) in [4.78, 5) is 25.1. The molecule has 0 aliphatic carbocycles. The van der Waals surface area contributed by atoms with Crippen LogP contribution in [0.3, 0.4) is 0 Å². The van der Waals surface area contributed by atoms with Gasteiger partial charge in [0.15, 0.2) is 0 Å². The minimum absolute atomic E-state index is 0.0488. The van der Waals surface area contributed by atoms with Crippen LogP contribution in [0.4, 0.5) is 4.79 Å². The van der Waals surface area contributed by atoms with Gasteiger partial charge in [0.1, 0.15) is 12.1 Å². The number of nitrogens with zero attached hydrogens (tertiary/aromatic N) is 1. The Labute approximate surface area is 107 Å². The van der Waals surface area contributed by atoms with Crippen LogP contribution < -0.4 is 5.32 Å². The van der Waals surface area contributed by atoms with Crippen molar-refractivity contribution in [1.29, 1.82) is 0 Å². The van der Waals surface area contributed by atoms with E-state index in [-0.39, 0.29) is 5.91 Å². The lowest BCUT2D eigenvalue weighted by Gasteiger charge is -2.21. The first-order valence-corrected chi connectivity index (χ1v) is 6.45. The number of hydrogen-bond acceptors (Lipinski definition) is 4. The van der Waals surface area contributed by atoms with Gasteiger partial charge in [0.25, 0.3) is 0 Å². The van der Waals surface area contributed by atoms with Crippen molar-refractivity contribution < 1.29 is 19.1 Å². The van der Waals surface area contributed by atoms with Crippen LogP contribution in [0.5, 0.6) is 0 Å². The van der Waals surface area contributed by atoms with Crippen molar-refractivity contribution in [2.45, 2.75) is 32.4 Å². The molecule has 102 valence electrons. The van der Waals surface area contributed by atoms with Crippen molar-refractivity contribution in [3.8, 4) is 0 Å². The highest BCUT2D eigenvalue weighted by Gasteiger charge is 2.40. The topological polar surface area (TPSA) is 67.9 Å². The van der Waals surface area contributed by atoms with Gasteiger partial charge in [-0.1, -0.05) is 0 Å². The number of hydrogen-bond donors (Lipinski definition) is 1. The number of amides is 2. The van der Waals surface area contributed by atoms with Crippen LogP contribution in [-0.4, -0.2) is 55.3 Å². The third kappa shape index (κ3) is 2.75. The number of likely N-dealkylation sites (tertiary alicyclic amines) is 1. The normalized spacial score (nSPS) is 31.3. The molecule has 0 radical (unpaired) electrons. The van der Waals surface area contributed by atoms with E-state index in [2.05, 4.69) is 5.32 Å². The number of ether oxygens (including phenoxy) is 2. The fourth-order valence-electron chi connectivity index (χ4n) is 2.43. The molecule has 6 nitrogen and oxygen atoms in total. The van der Waals surface area contributed by atoms with E-state index in [0.717, 1.165) is 13.0 Å². The fraction of sp³-hybridized carbons (Fsp3) is 0.833. The maximum Gasteiger partial charge on any atom is 0.408 e. The van der Waals surface area contributed by atoms with Crippen LogP contribution in [0.1, 0.15) is 20.3 Å². The van der Waals surface area contributed by atoms with Gasteiger partial charge in [-0.25, -0.2) is 4.79 Å².